The van der Waals surface area contributed by atoms with Gasteiger partial charge in [-0.15, -0.1) is 0 Å². The van der Waals surface area contributed by atoms with E-state index in [4.69, 9.17) is 5.41 Å². The summed E-state index contributed by atoms with van der Waals surface area (Å²) in [5.41, 5.74) is 2.42. The molecule has 3 heteroatoms. The average molecular weight is 243 g/mol. The molecule has 2 aliphatic rings. The molecule has 0 aromatic heterocycles. The molecule has 0 amide bonds. The van der Waals surface area contributed by atoms with Crippen molar-refractivity contribution < 1.29 is 0 Å². The second-order valence-electron chi connectivity index (χ2n) is 5.29. The van der Waals surface area contributed by atoms with Gasteiger partial charge in [0.1, 0.15) is 5.84 Å². The third kappa shape index (κ3) is 2.15. The Balaban J connectivity index is 1.60. The van der Waals surface area contributed by atoms with Gasteiger partial charge in [0.05, 0.1) is 0 Å². The number of nitrogens with one attached hydrogen (secondary N) is 1. The van der Waals surface area contributed by atoms with E-state index in [0.29, 0.717) is 5.84 Å². The Bertz CT molecular complexity index is 451. The smallest absolute Gasteiger partial charge is 0.128 e. The zero-order valence-electron chi connectivity index (χ0n) is 11.0. The molecule has 96 valence electrons. The van der Waals surface area contributed by atoms with Crippen molar-refractivity contribution in [3.05, 3.63) is 35.4 Å². The molecule has 0 bridgehead atoms. The van der Waals surface area contributed by atoms with E-state index in [-0.39, 0.29) is 0 Å². The lowest BCUT2D eigenvalue weighted by molar-refractivity contribution is 0.248. The number of fused-ring (bicyclic) bond motifs is 1. The summed E-state index contributed by atoms with van der Waals surface area (Å²) in [5.74, 6) is 0.706. The van der Waals surface area contributed by atoms with Gasteiger partial charge in [-0.05, 0) is 24.9 Å². The molecule has 1 N–H and O–H groups in total. The molecule has 0 spiro atoms. The molecule has 3 nitrogen and oxygen atoms in total. The molecule has 1 aliphatic carbocycles. The van der Waals surface area contributed by atoms with E-state index in [1.807, 2.05) is 6.07 Å². The maximum absolute atomic E-state index is 8.22. The average Bonchev–Trinajstić information content (AvgIpc) is 3.18. The minimum atomic E-state index is 0.706. The monoisotopic (exact) mass is 243 g/mol. The number of nitrogens with zero attached hydrogens (tertiary/aromatic N) is 2. The molecule has 1 heterocycles. The summed E-state index contributed by atoms with van der Waals surface area (Å²) in [5, 5.41) is 8.22. The second kappa shape index (κ2) is 4.73. The predicted octanol–water partition coefficient (Wildman–Crippen LogP) is 2.31. The predicted molar refractivity (Wildman–Crippen MR) is 73.9 cm³/mol. The van der Waals surface area contributed by atoms with E-state index in [2.05, 4.69) is 34.9 Å². The van der Waals surface area contributed by atoms with Crippen LogP contribution < -0.4 is 0 Å². The van der Waals surface area contributed by atoms with Gasteiger partial charge in [-0.25, -0.2) is 0 Å². The largest absolute Gasteiger partial charge is 0.351 e. The highest BCUT2D eigenvalue weighted by molar-refractivity contribution is 6.00. The first kappa shape index (κ1) is 11.7. The summed E-state index contributed by atoms with van der Waals surface area (Å²) in [6, 6.07) is 9.13. The van der Waals surface area contributed by atoms with E-state index < -0.39 is 0 Å². The van der Waals surface area contributed by atoms with Crippen LogP contribution in [0.1, 0.15) is 30.9 Å². The maximum Gasteiger partial charge on any atom is 0.128 e. The van der Waals surface area contributed by atoms with Crippen molar-refractivity contribution in [3.63, 3.8) is 0 Å². The van der Waals surface area contributed by atoms with Crippen molar-refractivity contribution in [1.82, 2.24) is 9.80 Å². The molecule has 3 rings (SSSR count). The Labute approximate surface area is 109 Å². The lowest BCUT2D eigenvalue weighted by atomic mass is 10.1. The van der Waals surface area contributed by atoms with Crippen LogP contribution >= 0.6 is 0 Å². The summed E-state index contributed by atoms with van der Waals surface area (Å²) in [6.45, 7) is 6.37. The number of amidine groups is 1. The Kier molecular flexibility index (Phi) is 3.08. The molecule has 0 unspecified atom stereocenters. The Hall–Kier alpha value is -1.35. The second-order valence-corrected chi connectivity index (χ2v) is 5.29. The van der Waals surface area contributed by atoms with Crippen LogP contribution in [-0.4, -0.2) is 41.3 Å². The number of benzene rings is 1. The van der Waals surface area contributed by atoms with E-state index >= 15 is 0 Å². The van der Waals surface area contributed by atoms with Crippen LogP contribution in [0.3, 0.4) is 0 Å². The Morgan fingerprint density at radius 2 is 2.11 bits per heavy atom. The third-order valence-electron chi connectivity index (χ3n) is 4.08. The van der Waals surface area contributed by atoms with E-state index in [1.165, 1.54) is 18.4 Å². The van der Waals surface area contributed by atoms with Gasteiger partial charge in [0.2, 0.25) is 0 Å². The van der Waals surface area contributed by atoms with Gasteiger partial charge in [-0.1, -0.05) is 31.2 Å². The van der Waals surface area contributed by atoms with Gasteiger partial charge in [-0.3, -0.25) is 10.3 Å². The number of rotatable bonds is 5. The van der Waals surface area contributed by atoms with Crippen molar-refractivity contribution in [2.24, 2.45) is 0 Å². The number of hydrogen-bond acceptors (Lipinski definition) is 2. The van der Waals surface area contributed by atoms with Crippen molar-refractivity contribution in [3.8, 4) is 0 Å². The number of likely N-dealkylation sites (N-methyl/N-ethyl adjacent to an activating group) is 1. The quantitative estimate of drug-likeness (QED) is 0.860. The van der Waals surface area contributed by atoms with Crippen LogP contribution in [0.15, 0.2) is 24.3 Å². The Morgan fingerprint density at radius 1 is 1.33 bits per heavy atom. The van der Waals surface area contributed by atoms with Gasteiger partial charge in [0, 0.05) is 31.2 Å². The molecule has 0 atom stereocenters. The molecule has 18 heavy (non-hydrogen) atoms. The summed E-state index contributed by atoms with van der Waals surface area (Å²) in [6.07, 6.45) is 2.73. The molecule has 1 aromatic carbocycles. The van der Waals surface area contributed by atoms with E-state index in [0.717, 1.165) is 37.8 Å². The van der Waals surface area contributed by atoms with Crippen LogP contribution in [0.5, 0.6) is 0 Å². The summed E-state index contributed by atoms with van der Waals surface area (Å²) in [4.78, 5) is 4.76. The molecule has 0 radical (unpaired) electrons. The lowest BCUT2D eigenvalue weighted by Crippen LogP contribution is -2.36. The standard InChI is InChI=1S/C15H21N3/c1-2-17(13-7-8-13)9-10-18-11-12-5-3-4-6-14(12)15(18)16/h3-6,13,16H,2,7-11H2,1H3. The molecule has 0 saturated heterocycles. The van der Waals surface area contributed by atoms with E-state index in [1.54, 1.807) is 0 Å². The first-order chi connectivity index (χ1) is 8.79. The van der Waals surface area contributed by atoms with Crippen molar-refractivity contribution in [2.75, 3.05) is 19.6 Å². The van der Waals surface area contributed by atoms with Gasteiger partial charge in [-0.2, -0.15) is 0 Å². The van der Waals surface area contributed by atoms with Crippen LogP contribution in [0.2, 0.25) is 0 Å². The Morgan fingerprint density at radius 3 is 2.78 bits per heavy atom. The number of hydrogen-bond donors (Lipinski definition) is 1. The first-order valence-electron chi connectivity index (χ1n) is 6.95. The molecular formula is C15H21N3. The summed E-state index contributed by atoms with van der Waals surface area (Å²) < 4.78 is 0. The third-order valence-corrected chi connectivity index (χ3v) is 4.08. The van der Waals surface area contributed by atoms with Crippen molar-refractivity contribution >= 4 is 5.84 Å². The highest BCUT2D eigenvalue weighted by Crippen LogP contribution is 2.27. The fourth-order valence-corrected chi connectivity index (χ4v) is 2.82. The van der Waals surface area contributed by atoms with Crippen molar-refractivity contribution in [2.45, 2.75) is 32.4 Å². The molecular weight excluding hydrogens is 222 g/mol. The van der Waals surface area contributed by atoms with Crippen LogP contribution in [0.25, 0.3) is 0 Å². The SMILES string of the molecule is CCN(CCN1Cc2ccccc2C1=N)C1CC1. The molecule has 1 aliphatic heterocycles. The topological polar surface area (TPSA) is 30.3 Å². The van der Waals surface area contributed by atoms with Gasteiger partial charge < -0.3 is 4.90 Å². The summed E-state index contributed by atoms with van der Waals surface area (Å²) >= 11 is 0. The lowest BCUT2D eigenvalue weighted by Gasteiger charge is -2.24. The highest BCUT2D eigenvalue weighted by atomic mass is 15.2. The van der Waals surface area contributed by atoms with E-state index in [9.17, 15) is 0 Å². The van der Waals surface area contributed by atoms with Crippen LogP contribution in [0, 0.1) is 5.41 Å². The minimum absolute atomic E-state index is 0.706. The van der Waals surface area contributed by atoms with Gasteiger partial charge in [0.15, 0.2) is 0 Å². The molecule has 1 fully saturated rings. The van der Waals surface area contributed by atoms with Crippen molar-refractivity contribution in [1.29, 1.82) is 5.41 Å². The zero-order chi connectivity index (χ0) is 12.5. The highest BCUT2D eigenvalue weighted by Gasteiger charge is 2.29. The fraction of sp³-hybridized carbons (Fsp3) is 0.533. The fourth-order valence-electron chi connectivity index (χ4n) is 2.82. The first-order valence-corrected chi connectivity index (χ1v) is 6.95. The molecule has 1 saturated carbocycles. The summed E-state index contributed by atoms with van der Waals surface area (Å²) in [7, 11) is 0. The van der Waals surface area contributed by atoms with Crippen LogP contribution in [-0.2, 0) is 6.54 Å². The maximum atomic E-state index is 8.22. The normalized spacial score (nSPS) is 18.6. The van der Waals surface area contributed by atoms with Gasteiger partial charge in [0.25, 0.3) is 0 Å². The van der Waals surface area contributed by atoms with Crippen LogP contribution in [0.4, 0.5) is 0 Å². The minimum Gasteiger partial charge on any atom is -0.351 e. The zero-order valence-corrected chi connectivity index (χ0v) is 11.0. The molecule has 1 aromatic rings. The van der Waals surface area contributed by atoms with Gasteiger partial charge >= 0.3 is 0 Å².